The number of piperazine rings is 1. The molecule has 2 atom stereocenters. The van der Waals surface area contributed by atoms with Gasteiger partial charge in [0, 0.05) is 49.7 Å². The Morgan fingerprint density at radius 2 is 2.20 bits per heavy atom. The average Bonchev–Trinajstić information content (AvgIpc) is 2.88. The van der Waals surface area contributed by atoms with Crippen molar-refractivity contribution in [2.75, 3.05) is 19.6 Å². The molecule has 0 aliphatic carbocycles. The zero-order valence-corrected chi connectivity index (χ0v) is 14.1. The molecule has 0 saturated carbocycles. The summed E-state index contributed by atoms with van der Waals surface area (Å²) in [5.74, 6) is 1.47. The largest absolute Gasteiger partial charge is 0.311 e. The molecule has 2 heterocycles. The average molecular weight is 295 g/mol. The Labute approximate surface area is 127 Å². The first kappa shape index (κ1) is 15.9. The zero-order chi connectivity index (χ0) is 14.5. The van der Waals surface area contributed by atoms with Crippen molar-refractivity contribution >= 4 is 11.3 Å². The van der Waals surface area contributed by atoms with E-state index < -0.39 is 0 Å². The lowest BCUT2D eigenvalue weighted by Gasteiger charge is -2.43. The maximum Gasteiger partial charge on any atom is 0.0937 e. The number of nitrogens with one attached hydrogen (secondary N) is 1. The number of hydrogen-bond donors (Lipinski definition) is 1. The summed E-state index contributed by atoms with van der Waals surface area (Å²) in [5.41, 5.74) is 0. The topological polar surface area (TPSA) is 28.2 Å². The summed E-state index contributed by atoms with van der Waals surface area (Å²) >= 11 is 1.78. The molecular weight excluding hydrogens is 266 g/mol. The highest BCUT2D eigenvalue weighted by molar-refractivity contribution is 7.09. The van der Waals surface area contributed by atoms with Crippen LogP contribution in [0.25, 0.3) is 0 Å². The van der Waals surface area contributed by atoms with Crippen molar-refractivity contribution in [2.45, 2.75) is 52.6 Å². The molecule has 0 bridgehead atoms. The minimum absolute atomic E-state index is 0.654. The molecule has 1 aromatic rings. The van der Waals surface area contributed by atoms with Crippen LogP contribution in [0.3, 0.4) is 0 Å². The Bertz CT molecular complexity index is 375. The first-order valence-electron chi connectivity index (χ1n) is 7.92. The summed E-state index contributed by atoms with van der Waals surface area (Å²) in [7, 11) is 0. The Morgan fingerprint density at radius 3 is 2.80 bits per heavy atom. The molecule has 2 rings (SSSR count). The molecule has 1 aromatic heterocycles. The van der Waals surface area contributed by atoms with Crippen LogP contribution < -0.4 is 5.32 Å². The Balaban J connectivity index is 1.92. The summed E-state index contributed by atoms with van der Waals surface area (Å²) in [5, 5.41) is 7.10. The lowest BCUT2D eigenvalue weighted by Crippen LogP contribution is -2.58. The quantitative estimate of drug-likeness (QED) is 0.874. The van der Waals surface area contributed by atoms with Gasteiger partial charge in [-0.2, -0.15) is 0 Å². The smallest absolute Gasteiger partial charge is 0.0937 e. The van der Waals surface area contributed by atoms with Gasteiger partial charge in [-0.3, -0.25) is 4.90 Å². The maximum absolute atomic E-state index is 4.41. The summed E-state index contributed by atoms with van der Waals surface area (Å²) in [6, 6.07) is 1.32. The molecule has 1 N–H and O–H groups in total. The van der Waals surface area contributed by atoms with Crippen LogP contribution in [0.5, 0.6) is 0 Å². The van der Waals surface area contributed by atoms with E-state index in [-0.39, 0.29) is 0 Å². The Kier molecular flexibility index (Phi) is 6.00. The van der Waals surface area contributed by atoms with E-state index in [0.29, 0.717) is 18.0 Å². The number of rotatable bonds is 6. The van der Waals surface area contributed by atoms with Gasteiger partial charge >= 0.3 is 0 Å². The highest BCUT2D eigenvalue weighted by atomic mass is 32.1. The van der Waals surface area contributed by atoms with Crippen molar-refractivity contribution < 1.29 is 0 Å². The van der Waals surface area contributed by atoms with Gasteiger partial charge in [0.05, 0.1) is 5.01 Å². The van der Waals surface area contributed by atoms with Gasteiger partial charge in [0.1, 0.15) is 0 Å². The summed E-state index contributed by atoms with van der Waals surface area (Å²) in [6.45, 7) is 12.8. The molecule has 0 spiro atoms. The minimum atomic E-state index is 0.654. The molecule has 1 saturated heterocycles. The van der Waals surface area contributed by atoms with Crippen molar-refractivity contribution in [1.82, 2.24) is 15.2 Å². The van der Waals surface area contributed by atoms with Gasteiger partial charge in [0.25, 0.3) is 0 Å². The predicted octanol–water partition coefficient (Wildman–Crippen LogP) is 3.03. The molecule has 1 aliphatic rings. The molecule has 0 aromatic carbocycles. The van der Waals surface area contributed by atoms with Gasteiger partial charge in [-0.15, -0.1) is 11.3 Å². The summed E-state index contributed by atoms with van der Waals surface area (Å²) in [6.07, 6.45) is 4.28. The van der Waals surface area contributed by atoms with Crippen molar-refractivity contribution in [2.24, 2.45) is 11.8 Å². The van der Waals surface area contributed by atoms with Crippen molar-refractivity contribution in [3.05, 3.63) is 16.6 Å². The Hall–Kier alpha value is -0.450. The molecule has 2 unspecified atom stereocenters. The second kappa shape index (κ2) is 7.53. The monoisotopic (exact) mass is 295 g/mol. The molecular formula is C16H29N3S. The maximum atomic E-state index is 4.41. The van der Waals surface area contributed by atoms with Crippen LogP contribution in [0.4, 0.5) is 0 Å². The van der Waals surface area contributed by atoms with E-state index in [1.165, 1.54) is 18.0 Å². The number of nitrogens with zero attached hydrogens (tertiary/aromatic N) is 2. The third kappa shape index (κ3) is 4.54. The van der Waals surface area contributed by atoms with E-state index in [9.17, 15) is 0 Å². The summed E-state index contributed by atoms with van der Waals surface area (Å²) < 4.78 is 0. The molecule has 0 amide bonds. The van der Waals surface area contributed by atoms with E-state index in [1.54, 1.807) is 11.3 Å². The molecule has 0 radical (unpaired) electrons. The van der Waals surface area contributed by atoms with Crippen LogP contribution in [0, 0.1) is 11.8 Å². The number of hydrogen-bond acceptors (Lipinski definition) is 4. The molecule has 114 valence electrons. The van der Waals surface area contributed by atoms with E-state index in [2.05, 4.69) is 48.3 Å². The lowest BCUT2D eigenvalue weighted by atomic mass is 9.95. The van der Waals surface area contributed by atoms with Crippen LogP contribution in [0.15, 0.2) is 11.6 Å². The third-order valence-electron chi connectivity index (χ3n) is 4.16. The van der Waals surface area contributed by atoms with Crippen LogP contribution in [0.1, 0.15) is 39.1 Å². The summed E-state index contributed by atoms with van der Waals surface area (Å²) in [4.78, 5) is 7.10. The molecule has 4 heteroatoms. The lowest BCUT2D eigenvalue weighted by molar-refractivity contribution is 0.0934. The van der Waals surface area contributed by atoms with Gasteiger partial charge in [-0.05, 0) is 18.3 Å². The molecule has 20 heavy (non-hydrogen) atoms. The van der Waals surface area contributed by atoms with E-state index in [4.69, 9.17) is 0 Å². The highest BCUT2D eigenvalue weighted by Crippen LogP contribution is 2.19. The zero-order valence-electron chi connectivity index (χ0n) is 13.3. The fourth-order valence-electron chi connectivity index (χ4n) is 3.16. The van der Waals surface area contributed by atoms with Crippen LogP contribution in [-0.4, -0.2) is 41.6 Å². The number of thiazole rings is 1. The molecule has 1 aliphatic heterocycles. The standard InChI is InChI=1S/C16H29N3S/c1-12(2)9-14-11-19(15(10-18-14)13(3)4)7-5-16-17-6-8-20-16/h6,8,12-15,18H,5,7,9-11H2,1-4H3. The van der Waals surface area contributed by atoms with Crippen molar-refractivity contribution in [3.8, 4) is 0 Å². The van der Waals surface area contributed by atoms with Crippen LogP contribution in [-0.2, 0) is 6.42 Å². The predicted molar refractivity (Wildman–Crippen MR) is 87.3 cm³/mol. The van der Waals surface area contributed by atoms with E-state index in [0.717, 1.165) is 25.4 Å². The van der Waals surface area contributed by atoms with Gasteiger partial charge < -0.3 is 5.32 Å². The van der Waals surface area contributed by atoms with Gasteiger partial charge in [0.2, 0.25) is 0 Å². The SMILES string of the molecule is CC(C)CC1CN(CCc2nccs2)C(C(C)C)CN1. The van der Waals surface area contributed by atoms with Crippen molar-refractivity contribution in [3.63, 3.8) is 0 Å². The molecule has 3 nitrogen and oxygen atoms in total. The fourth-order valence-corrected chi connectivity index (χ4v) is 3.77. The van der Waals surface area contributed by atoms with Gasteiger partial charge in [0.15, 0.2) is 0 Å². The van der Waals surface area contributed by atoms with Crippen molar-refractivity contribution in [1.29, 1.82) is 0 Å². The second-order valence-electron chi connectivity index (χ2n) is 6.72. The third-order valence-corrected chi connectivity index (χ3v) is 5.00. The first-order valence-corrected chi connectivity index (χ1v) is 8.80. The first-order chi connectivity index (χ1) is 9.56. The van der Waals surface area contributed by atoms with E-state index >= 15 is 0 Å². The van der Waals surface area contributed by atoms with Gasteiger partial charge in [-0.1, -0.05) is 27.7 Å². The molecule has 1 fully saturated rings. The minimum Gasteiger partial charge on any atom is -0.311 e. The highest BCUT2D eigenvalue weighted by Gasteiger charge is 2.29. The van der Waals surface area contributed by atoms with Crippen LogP contribution >= 0.6 is 11.3 Å². The van der Waals surface area contributed by atoms with Gasteiger partial charge in [-0.25, -0.2) is 4.98 Å². The normalized spacial score (nSPS) is 24.7. The second-order valence-corrected chi connectivity index (χ2v) is 7.70. The number of aromatic nitrogens is 1. The van der Waals surface area contributed by atoms with Crippen LogP contribution in [0.2, 0.25) is 0 Å². The Morgan fingerprint density at radius 1 is 1.40 bits per heavy atom. The fraction of sp³-hybridized carbons (Fsp3) is 0.812. The van der Waals surface area contributed by atoms with E-state index in [1.807, 2.05) is 6.20 Å².